The van der Waals surface area contributed by atoms with E-state index in [9.17, 15) is 13.2 Å². The molecule has 2 atom stereocenters. The molecule has 3 heterocycles. The molecule has 0 saturated carbocycles. The number of benzene rings is 2. The van der Waals surface area contributed by atoms with Crippen LogP contribution in [0.2, 0.25) is 0 Å². The van der Waals surface area contributed by atoms with Crippen LogP contribution in [0.25, 0.3) is 10.2 Å². The van der Waals surface area contributed by atoms with Crippen molar-refractivity contribution in [3.63, 3.8) is 0 Å². The molecule has 6 nitrogen and oxygen atoms in total. The quantitative estimate of drug-likeness (QED) is 0.613. The number of thiazole rings is 1. The SMILES string of the molecule is CC(=O)N1c2ccc(S(=O)(=O)N3CCC[C@H]3c3nc4ccccc4s3)cc2C[C@@H]1C. The van der Waals surface area contributed by atoms with E-state index in [2.05, 4.69) is 0 Å². The highest BCUT2D eigenvalue weighted by Crippen LogP contribution is 2.41. The summed E-state index contributed by atoms with van der Waals surface area (Å²) in [4.78, 5) is 18.7. The first-order valence-corrected chi connectivity index (χ1v) is 12.4. The van der Waals surface area contributed by atoms with Crippen LogP contribution in [0.5, 0.6) is 0 Å². The average molecular weight is 442 g/mol. The fourth-order valence-corrected chi connectivity index (χ4v) is 7.58. The molecule has 3 aromatic rings. The third-order valence-electron chi connectivity index (χ3n) is 6.01. The van der Waals surface area contributed by atoms with Gasteiger partial charge >= 0.3 is 0 Å². The van der Waals surface area contributed by atoms with Gasteiger partial charge in [-0.3, -0.25) is 4.79 Å². The molecule has 1 amide bonds. The molecule has 5 rings (SSSR count). The van der Waals surface area contributed by atoms with E-state index in [1.54, 1.807) is 45.7 Å². The Bertz CT molecular complexity index is 1220. The monoisotopic (exact) mass is 441 g/mol. The molecule has 2 aliphatic rings. The second kappa shape index (κ2) is 7.14. The highest BCUT2D eigenvalue weighted by Gasteiger charge is 2.39. The lowest BCUT2D eigenvalue weighted by Gasteiger charge is -2.23. The van der Waals surface area contributed by atoms with Gasteiger partial charge in [-0.15, -0.1) is 11.3 Å². The molecule has 1 aromatic heterocycles. The lowest BCUT2D eigenvalue weighted by atomic mass is 10.1. The number of rotatable bonds is 3. The van der Waals surface area contributed by atoms with Crippen LogP contribution in [0.1, 0.15) is 43.3 Å². The maximum Gasteiger partial charge on any atom is 0.243 e. The van der Waals surface area contributed by atoms with Gasteiger partial charge in [0.2, 0.25) is 15.9 Å². The molecule has 0 bridgehead atoms. The zero-order chi connectivity index (χ0) is 21.0. The van der Waals surface area contributed by atoms with E-state index >= 15 is 0 Å². The van der Waals surface area contributed by atoms with Gasteiger partial charge in [0.25, 0.3) is 0 Å². The third-order valence-corrected chi connectivity index (χ3v) is 9.05. The first-order chi connectivity index (χ1) is 14.4. The number of hydrogen-bond donors (Lipinski definition) is 0. The van der Waals surface area contributed by atoms with Crippen LogP contribution in [0.4, 0.5) is 5.69 Å². The van der Waals surface area contributed by atoms with Gasteiger partial charge in [0.05, 0.1) is 21.2 Å². The maximum atomic E-state index is 13.6. The minimum absolute atomic E-state index is 0.0210. The van der Waals surface area contributed by atoms with Gasteiger partial charge in [-0.1, -0.05) is 12.1 Å². The molecule has 2 aliphatic heterocycles. The van der Waals surface area contributed by atoms with Crippen molar-refractivity contribution in [1.29, 1.82) is 0 Å². The molecule has 1 fully saturated rings. The van der Waals surface area contributed by atoms with Gasteiger partial charge in [0.15, 0.2) is 0 Å². The minimum Gasteiger partial charge on any atom is -0.309 e. The normalized spacial score (nSPS) is 22.0. The summed E-state index contributed by atoms with van der Waals surface area (Å²) in [5, 5.41) is 0.856. The van der Waals surface area contributed by atoms with Gasteiger partial charge in [0, 0.05) is 25.2 Å². The zero-order valence-electron chi connectivity index (χ0n) is 16.9. The van der Waals surface area contributed by atoms with Gasteiger partial charge in [-0.25, -0.2) is 13.4 Å². The van der Waals surface area contributed by atoms with E-state index < -0.39 is 10.0 Å². The summed E-state index contributed by atoms with van der Waals surface area (Å²) in [7, 11) is -3.65. The number of hydrogen-bond acceptors (Lipinski definition) is 5. The number of carbonyl (C=O) groups excluding carboxylic acids is 1. The minimum atomic E-state index is -3.65. The molecule has 0 radical (unpaired) electrons. The standard InChI is InChI=1S/C22H23N3O3S2/c1-14-12-16-13-17(9-10-19(16)25(14)15(2)26)30(27,28)24-11-5-7-20(24)22-23-18-6-3-4-8-21(18)29-22/h3-4,6,8-10,13-14,20H,5,7,11-12H2,1-2H3/t14-,20-/m0/s1. The molecule has 0 unspecified atom stereocenters. The van der Waals surface area contributed by atoms with Crippen LogP contribution in [0, 0.1) is 0 Å². The fraction of sp³-hybridized carbons (Fsp3) is 0.364. The summed E-state index contributed by atoms with van der Waals surface area (Å²) in [6, 6.07) is 12.9. The smallest absolute Gasteiger partial charge is 0.243 e. The van der Waals surface area contributed by atoms with E-state index in [4.69, 9.17) is 4.98 Å². The highest BCUT2D eigenvalue weighted by atomic mass is 32.2. The van der Waals surface area contributed by atoms with Crippen molar-refractivity contribution < 1.29 is 13.2 Å². The largest absolute Gasteiger partial charge is 0.309 e. The van der Waals surface area contributed by atoms with Crippen LogP contribution in [-0.4, -0.2) is 36.2 Å². The molecule has 30 heavy (non-hydrogen) atoms. The summed E-state index contributed by atoms with van der Waals surface area (Å²) < 4.78 is 29.8. The van der Waals surface area contributed by atoms with Gasteiger partial charge in [0.1, 0.15) is 5.01 Å². The molecular formula is C22H23N3O3S2. The van der Waals surface area contributed by atoms with Crippen molar-refractivity contribution in [1.82, 2.24) is 9.29 Å². The van der Waals surface area contributed by atoms with Gasteiger partial charge < -0.3 is 4.90 Å². The molecule has 0 N–H and O–H groups in total. The summed E-state index contributed by atoms with van der Waals surface area (Å²) in [6.45, 7) is 4.03. The van der Waals surface area contributed by atoms with E-state index in [1.807, 2.05) is 31.2 Å². The van der Waals surface area contributed by atoms with Crippen LogP contribution >= 0.6 is 11.3 Å². The summed E-state index contributed by atoms with van der Waals surface area (Å²) in [6.07, 6.45) is 2.26. The summed E-state index contributed by atoms with van der Waals surface area (Å²) in [5.41, 5.74) is 2.64. The highest BCUT2D eigenvalue weighted by molar-refractivity contribution is 7.89. The third kappa shape index (κ3) is 3.05. The molecule has 156 valence electrons. The topological polar surface area (TPSA) is 70.6 Å². The zero-order valence-corrected chi connectivity index (χ0v) is 18.5. The van der Waals surface area contributed by atoms with Crippen LogP contribution in [-0.2, 0) is 21.2 Å². The van der Waals surface area contributed by atoms with Crippen LogP contribution < -0.4 is 4.90 Å². The second-order valence-corrected chi connectivity index (χ2v) is 11.0. The molecular weight excluding hydrogens is 418 g/mol. The van der Waals surface area contributed by atoms with E-state index in [0.717, 1.165) is 39.3 Å². The number of sulfonamides is 1. The molecule has 1 saturated heterocycles. The number of para-hydroxylation sites is 1. The Morgan fingerprint density at radius 3 is 2.77 bits per heavy atom. The number of aromatic nitrogens is 1. The first kappa shape index (κ1) is 19.7. The molecule has 8 heteroatoms. The first-order valence-electron chi connectivity index (χ1n) is 10.2. The Balaban J connectivity index is 1.50. The Labute approximate surface area is 180 Å². The summed E-state index contributed by atoms with van der Waals surface area (Å²) >= 11 is 1.57. The Kier molecular flexibility index (Phi) is 4.68. The van der Waals surface area contributed by atoms with Gasteiger partial charge in [-0.2, -0.15) is 4.31 Å². The van der Waals surface area contributed by atoms with E-state index in [-0.39, 0.29) is 18.0 Å². The molecule has 2 aromatic carbocycles. The number of nitrogens with zero attached hydrogens (tertiary/aromatic N) is 3. The lowest BCUT2D eigenvalue weighted by molar-refractivity contribution is -0.116. The number of amides is 1. The molecule has 0 spiro atoms. The Morgan fingerprint density at radius 1 is 1.20 bits per heavy atom. The predicted octanol–water partition coefficient (Wildman–Crippen LogP) is 4.12. The molecule has 0 aliphatic carbocycles. The van der Waals surface area contributed by atoms with Crippen molar-refractivity contribution in [2.24, 2.45) is 0 Å². The van der Waals surface area contributed by atoms with Gasteiger partial charge in [-0.05, 0) is 62.1 Å². The predicted molar refractivity (Wildman–Crippen MR) is 118 cm³/mol. The van der Waals surface area contributed by atoms with Crippen LogP contribution in [0.15, 0.2) is 47.4 Å². The van der Waals surface area contributed by atoms with Crippen molar-refractivity contribution in [2.45, 2.75) is 50.1 Å². The number of anilines is 1. The van der Waals surface area contributed by atoms with E-state index in [0.29, 0.717) is 17.9 Å². The van der Waals surface area contributed by atoms with Crippen LogP contribution in [0.3, 0.4) is 0 Å². The Morgan fingerprint density at radius 2 is 2.00 bits per heavy atom. The lowest BCUT2D eigenvalue weighted by Crippen LogP contribution is -2.33. The number of carbonyl (C=O) groups is 1. The van der Waals surface area contributed by atoms with Crippen molar-refractivity contribution >= 4 is 43.2 Å². The maximum absolute atomic E-state index is 13.6. The Hall–Kier alpha value is -2.29. The van der Waals surface area contributed by atoms with E-state index in [1.165, 1.54) is 0 Å². The van der Waals surface area contributed by atoms with Crippen molar-refractivity contribution in [3.8, 4) is 0 Å². The summed E-state index contributed by atoms with van der Waals surface area (Å²) in [5.74, 6) is -0.0210. The second-order valence-electron chi connectivity index (χ2n) is 8.03. The van der Waals surface area contributed by atoms with Crippen molar-refractivity contribution in [2.75, 3.05) is 11.4 Å². The average Bonchev–Trinajstić information content (AvgIpc) is 3.42. The van der Waals surface area contributed by atoms with Crippen molar-refractivity contribution in [3.05, 3.63) is 53.0 Å². The number of fused-ring (bicyclic) bond motifs is 2. The fourth-order valence-electron chi connectivity index (χ4n) is 4.69.